The maximum atomic E-state index is 11.8. The standard InChI is InChI=1S/C12H14N2O5/c1-19-12(18)9(6-15)14-11(17)8-4-2-7(3-5-8)10(13)16/h2-5,9,15H,6H2,1H3,(H2,13,16)(H,14,17). The monoisotopic (exact) mass is 266 g/mol. The molecule has 1 rings (SSSR count). The number of methoxy groups -OCH3 is 1. The van der Waals surface area contributed by atoms with E-state index in [-0.39, 0.29) is 11.1 Å². The molecule has 0 aromatic heterocycles. The van der Waals surface area contributed by atoms with Crippen LogP contribution in [-0.2, 0) is 9.53 Å². The molecular weight excluding hydrogens is 252 g/mol. The van der Waals surface area contributed by atoms with Crippen molar-refractivity contribution in [3.05, 3.63) is 35.4 Å². The predicted molar refractivity (Wildman–Crippen MR) is 65.3 cm³/mol. The summed E-state index contributed by atoms with van der Waals surface area (Å²) < 4.78 is 4.42. The van der Waals surface area contributed by atoms with Gasteiger partial charge in [0.05, 0.1) is 13.7 Å². The average Bonchev–Trinajstić information content (AvgIpc) is 2.43. The molecule has 0 aliphatic heterocycles. The zero-order valence-corrected chi connectivity index (χ0v) is 10.3. The van der Waals surface area contributed by atoms with Crippen LogP contribution >= 0.6 is 0 Å². The number of hydrogen-bond acceptors (Lipinski definition) is 5. The molecule has 7 heteroatoms. The Morgan fingerprint density at radius 2 is 1.79 bits per heavy atom. The Morgan fingerprint density at radius 1 is 1.26 bits per heavy atom. The molecule has 0 spiro atoms. The third-order valence-electron chi connectivity index (χ3n) is 2.41. The van der Waals surface area contributed by atoms with Gasteiger partial charge >= 0.3 is 5.97 Å². The maximum Gasteiger partial charge on any atom is 0.330 e. The zero-order valence-electron chi connectivity index (χ0n) is 10.3. The third-order valence-corrected chi connectivity index (χ3v) is 2.41. The van der Waals surface area contributed by atoms with E-state index in [2.05, 4.69) is 10.1 Å². The van der Waals surface area contributed by atoms with Crippen LogP contribution in [0.3, 0.4) is 0 Å². The molecule has 4 N–H and O–H groups in total. The molecule has 1 atom stereocenters. The van der Waals surface area contributed by atoms with Crippen molar-refractivity contribution in [3.63, 3.8) is 0 Å². The third kappa shape index (κ3) is 3.78. The molecule has 0 aliphatic carbocycles. The SMILES string of the molecule is COC(=O)C(CO)NC(=O)c1ccc(C(N)=O)cc1. The number of benzene rings is 1. The highest BCUT2D eigenvalue weighted by Crippen LogP contribution is 2.04. The van der Waals surface area contributed by atoms with Crippen molar-refractivity contribution in [1.82, 2.24) is 5.32 Å². The van der Waals surface area contributed by atoms with E-state index < -0.39 is 30.4 Å². The highest BCUT2D eigenvalue weighted by molar-refractivity contribution is 5.98. The molecule has 1 unspecified atom stereocenters. The van der Waals surface area contributed by atoms with Gasteiger partial charge in [-0.2, -0.15) is 0 Å². The molecule has 2 amide bonds. The second kappa shape index (κ2) is 6.50. The summed E-state index contributed by atoms with van der Waals surface area (Å²) in [4.78, 5) is 33.8. The van der Waals surface area contributed by atoms with E-state index in [4.69, 9.17) is 10.8 Å². The molecule has 7 nitrogen and oxygen atoms in total. The second-order valence-corrected chi connectivity index (χ2v) is 3.67. The highest BCUT2D eigenvalue weighted by atomic mass is 16.5. The lowest BCUT2D eigenvalue weighted by Crippen LogP contribution is -2.44. The number of hydrogen-bond donors (Lipinski definition) is 3. The number of ether oxygens (including phenoxy) is 1. The Hall–Kier alpha value is -2.41. The number of carbonyl (C=O) groups is 3. The Balaban J connectivity index is 2.77. The van der Waals surface area contributed by atoms with Crippen LogP contribution < -0.4 is 11.1 Å². The molecule has 0 radical (unpaired) electrons. The van der Waals surface area contributed by atoms with Crippen molar-refractivity contribution in [2.75, 3.05) is 13.7 Å². The minimum atomic E-state index is -1.13. The fourth-order valence-corrected chi connectivity index (χ4v) is 1.35. The number of aliphatic hydroxyl groups is 1. The highest BCUT2D eigenvalue weighted by Gasteiger charge is 2.21. The lowest BCUT2D eigenvalue weighted by molar-refractivity contribution is -0.143. The average molecular weight is 266 g/mol. The zero-order chi connectivity index (χ0) is 14.4. The topological polar surface area (TPSA) is 119 Å². The molecule has 0 saturated carbocycles. The Kier molecular flexibility index (Phi) is 5.01. The van der Waals surface area contributed by atoms with Gasteiger partial charge < -0.3 is 20.9 Å². The van der Waals surface area contributed by atoms with Crippen molar-refractivity contribution < 1.29 is 24.2 Å². The quantitative estimate of drug-likeness (QED) is 0.594. The van der Waals surface area contributed by atoms with Gasteiger partial charge in [-0.15, -0.1) is 0 Å². The molecule has 0 saturated heterocycles. The van der Waals surface area contributed by atoms with E-state index in [0.29, 0.717) is 0 Å². The van der Waals surface area contributed by atoms with Crippen molar-refractivity contribution in [2.45, 2.75) is 6.04 Å². The molecule has 0 heterocycles. The van der Waals surface area contributed by atoms with E-state index in [1.54, 1.807) is 0 Å². The molecule has 1 aromatic carbocycles. The van der Waals surface area contributed by atoms with Crippen LogP contribution in [0.5, 0.6) is 0 Å². The normalized spacial score (nSPS) is 11.5. The lowest BCUT2D eigenvalue weighted by atomic mass is 10.1. The largest absolute Gasteiger partial charge is 0.467 e. The summed E-state index contributed by atoms with van der Waals surface area (Å²) in [5.74, 6) is -1.92. The molecule has 0 fully saturated rings. The first-order chi connectivity index (χ1) is 8.99. The number of primary amides is 1. The van der Waals surface area contributed by atoms with Gasteiger partial charge in [0.2, 0.25) is 5.91 Å². The summed E-state index contributed by atoms with van der Waals surface area (Å²) in [6.07, 6.45) is 0. The summed E-state index contributed by atoms with van der Waals surface area (Å²) in [7, 11) is 1.15. The Labute approximate surface area is 109 Å². The van der Waals surface area contributed by atoms with Gasteiger partial charge in [-0.25, -0.2) is 4.79 Å². The van der Waals surface area contributed by atoms with Crippen LogP contribution in [0.1, 0.15) is 20.7 Å². The van der Waals surface area contributed by atoms with Gasteiger partial charge in [-0.05, 0) is 24.3 Å². The summed E-state index contributed by atoms with van der Waals surface area (Å²) >= 11 is 0. The van der Waals surface area contributed by atoms with Crippen LogP contribution in [0.2, 0.25) is 0 Å². The van der Waals surface area contributed by atoms with E-state index in [9.17, 15) is 14.4 Å². The summed E-state index contributed by atoms with van der Waals surface area (Å²) in [5.41, 5.74) is 5.56. The predicted octanol–water partition coefficient (Wildman–Crippen LogP) is -0.951. The van der Waals surface area contributed by atoms with E-state index >= 15 is 0 Å². The molecule has 0 bridgehead atoms. The van der Waals surface area contributed by atoms with Crippen molar-refractivity contribution >= 4 is 17.8 Å². The van der Waals surface area contributed by atoms with Gasteiger partial charge in [-0.1, -0.05) is 0 Å². The first-order valence-corrected chi connectivity index (χ1v) is 5.39. The van der Waals surface area contributed by atoms with Crippen LogP contribution in [0, 0.1) is 0 Å². The molecular formula is C12H14N2O5. The van der Waals surface area contributed by atoms with Gasteiger partial charge in [0, 0.05) is 11.1 Å². The van der Waals surface area contributed by atoms with E-state index in [0.717, 1.165) is 7.11 Å². The fraction of sp³-hybridized carbons (Fsp3) is 0.250. The van der Waals surface area contributed by atoms with Gasteiger partial charge in [0.25, 0.3) is 5.91 Å². The van der Waals surface area contributed by atoms with Gasteiger partial charge in [0.15, 0.2) is 6.04 Å². The number of nitrogens with one attached hydrogen (secondary N) is 1. The van der Waals surface area contributed by atoms with Crippen molar-refractivity contribution in [3.8, 4) is 0 Å². The number of carbonyl (C=O) groups excluding carboxylic acids is 3. The van der Waals surface area contributed by atoms with Gasteiger partial charge in [-0.3, -0.25) is 9.59 Å². The smallest absolute Gasteiger partial charge is 0.330 e. The first-order valence-electron chi connectivity index (χ1n) is 5.39. The fourth-order valence-electron chi connectivity index (χ4n) is 1.35. The number of amides is 2. The number of aliphatic hydroxyl groups excluding tert-OH is 1. The first kappa shape index (κ1) is 14.7. The Morgan fingerprint density at radius 3 is 2.21 bits per heavy atom. The van der Waals surface area contributed by atoms with E-state index in [1.807, 2.05) is 0 Å². The number of rotatable bonds is 5. The van der Waals surface area contributed by atoms with Crippen molar-refractivity contribution in [1.29, 1.82) is 0 Å². The van der Waals surface area contributed by atoms with Crippen LogP contribution in [0.4, 0.5) is 0 Å². The lowest BCUT2D eigenvalue weighted by Gasteiger charge is -2.13. The van der Waals surface area contributed by atoms with E-state index in [1.165, 1.54) is 24.3 Å². The second-order valence-electron chi connectivity index (χ2n) is 3.67. The summed E-state index contributed by atoms with van der Waals surface area (Å²) in [6, 6.07) is 4.43. The summed E-state index contributed by atoms with van der Waals surface area (Å²) in [5, 5.41) is 11.3. The van der Waals surface area contributed by atoms with Crippen molar-refractivity contribution in [2.24, 2.45) is 5.73 Å². The minimum Gasteiger partial charge on any atom is -0.467 e. The number of nitrogens with two attached hydrogens (primary N) is 1. The Bertz CT molecular complexity index is 483. The summed E-state index contributed by atoms with van der Waals surface area (Å²) in [6.45, 7) is -0.572. The van der Waals surface area contributed by atoms with Gasteiger partial charge in [0.1, 0.15) is 0 Å². The number of esters is 1. The van der Waals surface area contributed by atoms with Crippen LogP contribution in [0.25, 0.3) is 0 Å². The molecule has 1 aromatic rings. The minimum absolute atomic E-state index is 0.229. The molecule has 19 heavy (non-hydrogen) atoms. The molecule has 0 aliphatic rings. The molecule has 102 valence electrons. The van der Waals surface area contributed by atoms with Crippen LogP contribution in [-0.4, -0.2) is 42.6 Å². The maximum absolute atomic E-state index is 11.8. The van der Waals surface area contributed by atoms with Crippen LogP contribution in [0.15, 0.2) is 24.3 Å².